The molecule has 114 valence electrons. The molecule has 1 aromatic carbocycles. The van der Waals surface area contributed by atoms with Crippen LogP contribution in [0.1, 0.15) is 48.9 Å². The van der Waals surface area contributed by atoms with Crippen LogP contribution in [0.4, 0.5) is 4.39 Å². The summed E-state index contributed by atoms with van der Waals surface area (Å²) in [6.07, 6.45) is 7.07. The third-order valence-electron chi connectivity index (χ3n) is 5.04. The van der Waals surface area contributed by atoms with E-state index in [1.807, 2.05) is 0 Å². The van der Waals surface area contributed by atoms with E-state index in [-0.39, 0.29) is 11.6 Å². The maximum Gasteiger partial charge on any atom is 0.162 e. The average molecular weight is 289 g/mol. The number of carbonyl (C=O) groups is 1. The van der Waals surface area contributed by atoms with E-state index in [4.69, 9.17) is 0 Å². The third kappa shape index (κ3) is 3.91. The Morgan fingerprint density at radius 2 is 1.62 bits per heavy atom. The lowest BCUT2D eigenvalue weighted by molar-refractivity contribution is 0.0974. The van der Waals surface area contributed by atoms with Gasteiger partial charge in [-0.2, -0.15) is 0 Å². The fourth-order valence-electron chi connectivity index (χ4n) is 3.83. The van der Waals surface area contributed by atoms with Crippen molar-refractivity contribution in [2.45, 2.75) is 38.5 Å². The number of hydrogen-bond acceptors (Lipinski definition) is 2. The molecule has 0 atom stereocenters. The van der Waals surface area contributed by atoms with Crippen LogP contribution in [-0.4, -0.2) is 30.3 Å². The Balaban J connectivity index is 1.45. The molecule has 4 rings (SSSR count). The Labute approximate surface area is 126 Å². The molecule has 2 saturated heterocycles. The van der Waals surface area contributed by atoms with Gasteiger partial charge in [0.2, 0.25) is 0 Å². The number of halogens is 1. The summed E-state index contributed by atoms with van der Waals surface area (Å²) in [6, 6.07) is 5.90. The van der Waals surface area contributed by atoms with E-state index in [2.05, 4.69) is 4.90 Å². The first-order valence-electron chi connectivity index (χ1n) is 8.22. The molecule has 2 aliphatic heterocycles. The molecule has 2 nitrogen and oxygen atoms in total. The van der Waals surface area contributed by atoms with E-state index >= 15 is 0 Å². The van der Waals surface area contributed by atoms with Crippen LogP contribution in [0.25, 0.3) is 0 Å². The minimum atomic E-state index is -0.286. The van der Waals surface area contributed by atoms with Gasteiger partial charge in [-0.05, 0) is 74.8 Å². The van der Waals surface area contributed by atoms with Crippen molar-refractivity contribution in [3.05, 3.63) is 35.6 Å². The summed E-state index contributed by atoms with van der Waals surface area (Å²) in [7, 11) is 0. The number of rotatable bonds is 5. The summed E-state index contributed by atoms with van der Waals surface area (Å²) >= 11 is 0. The topological polar surface area (TPSA) is 20.3 Å². The monoisotopic (exact) mass is 289 g/mol. The van der Waals surface area contributed by atoms with Crippen molar-refractivity contribution in [1.29, 1.82) is 0 Å². The molecule has 1 aromatic rings. The molecule has 2 heterocycles. The zero-order valence-corrected chi connectivity index (χ0v) is 12.6. The number of benzene rings is 1. The Hall–Kier alpha value is -1.22. The summed E-state index contributed by atoms with van der Waals surface area (Å²) in [5.74, 6) is 1.62. The molecule has 0 aromatic heterocycles. The fourth-order valence-corrected chi connectivity index (χ4v) is 3.83. The second-order valence-electron chi connectivity index (χ2n) is 6.68. The molecule has 0 N–H and O–H groups in total. The molecule has 0 radical (unpaired) electrons. The molecule has 3 heteroatoms. The minimum Gasteiger partial charge on any atom is -0.303 e. The van der Waals surface area contributed by atoms with Gasteiger partial charge in [-0.3, -0.25) is 4.79 Å². The molecule has 3 aliphatic rings. The Bertz CT molecular complexity index is 462. The smallest absolute Gasteiger partial charge is 0.162 e. The van der Waals surface area contributed by atoms with Crippen molar-refractivity contribution >= 4 is 5.78 Å². The normalized spacial score (nSPS) is 25.8. The Morgan fingerprint density at radius 1 is 1.05 bits per heavy atom. The quantitative estimate of drug-likeness (QED) is 0.766. The average Bonchev–Trinajstić information content (AvgIpc) is 2.80. The second-order valence-corrected chi connectivity index (χ2v) is 6.68. The zero-order chi connectivity index (χ0) is 14.7. The lowest BCUT2D eigenvalue weighted by Gasteiger charge is -2.21. The van der Waals surface area contributed by atoms with E-state index < -0.39 is 0 Å². The van der Waals surface area contributed by atoms with E-state index in [0.29, 0.717) is 12.0 Å². The number of Topliss-reactive ketones (excluding diaryl/α,β-unsaturated/α-hetero) is 1. The van der Waals surface area contributed by atoms with Crippen molar-refractivity contribution in [3.63, 3.8) is 0 Å². The highest BCUT2D eigenvalue weighted by molar-refractivity contribution is 5.95. The van der Waals surface area contributed by atoms with Crippen molar-refractivity contribution in [1.82, 2.24) is 4.90 Å². The van der Waals surface area contributed by atoms with Crippen molar-refractivity contribution < 1.29 is 9.18 Å². The van der Waals surface area contributed by atoms with Crippen LogP contribution < -0.4 is 0 Å². The SMILES string of the molecule is O=C(CCCN1CC2CCC(CC2)C1)c1ccc(F)cc1. The van der Waals surface area contributed by atoms with E-state index in [9.17, 15) is 9.18 Å². The Kier molecular flexibility index (Phi) is 4.69. The molecule has 3 fully saturated rings. The first-order chi connectivity index (χ1) is 10.2. The van der Waals surface area contributed by atoms with Gasteiger partial charge in [0.25, 0.3) is 0 Å². The zero-order valence-electron chi connectivity index (χ0n) is 12.6. The van der Waals surface area contributed by atoms with E-state index in [0.717, 1.165) is 24.8 Å². The van der Waals surface area contributed by atoms with Crippen molar-refractivity contribution in [2.75, 3.05) is 19.6 Å². The predicted octanol–water partition coefficient (Wildman–Crippen LogP) is 3.91. The number of fused-ring (bicyclic) bond motifs is 4. The first-order valence-corrected chi connectivity index (χ1v) is 8.22. The lowest BCUT2D eigenvalue weighted by Crippen LogP contribution is -2.29. The van der Waals surface area contributed by atoms with Gasteiger partial charge in [0.05, 0.1) is 0 Å². The van der Waals surface area contributed by atoms with Gasteiger partial charge in [0, 0.05) is 25.1 Å². The molecule has 1 saturated carbocycles. The standard InChI is InChI=1S/C18H24FNO/c19-17-9-7-16(8-10-17)18(21)2-1-11-20-12-14-3-4-15(13-20)6-5-14/h7-10,14-15H,1-6,11-13H2. The van der Waals surface area contributed by atoms with E-state index in [1.165, 1.54) is 50.9 Å². The van der Waals surface area contributed by atoms with Crippen LogP contribution in [0.5, 0.6) is 0 Å². The summed E-state index contributed by atoms with van der Waals surface area (Å²) in [5.41, 5.74) is 0.632. The van der Waals surface area contributed by atoms with Crippen LogP contribution in [0.3, 0.4) is 0 Å². The number of nitrogens with zero attached hydrogens (tertiary/aromatic N) is 1. The van der Waals surface area contributed by atoms with Gasteiger partial charge in [0.1, 0.15) is 5.82 Å². The third-order valence-corrected chi connectivity index (χ3v) is 5.04. The largest absolute Gasteiger partial charge is 0.303 e. The number of hydrogen-bond donors (Lipinski definition) is 0. The molecule has 0 spiro atoms. The summed E-state index contributed by atoms with van der Waals surface area (Å²) in [5, 5.41) is 0. The number of ketones is 1. The summed E-state index contributed by atoms with van der Waals surface area (Å²) in [6.45, 7) is 3.47. The second kappa shape index (κ2) is 6.69. The van der Waals surface area contributed by atoms with Crippen LogP contribution in [-0.2, 0) is 0 Å². The molecule has 0 amide bonds. The molecular weight excluding hydrogens is 265 g/mol. The number of carbonyl (C=O) groups excluding carboxylic acids is 1. The molecule has 0 unspecified atom stereocenters. The fraction of sp³-hybridized carbons (Fsp3) is 0.611. The summed E-state index contributed by atoms with van der Waals surface area (Å²) in [4.78, 5) is 14.6. The van der Waals surface area contributed by atoms with Gasteiger partial charge >= 0.3 is 0 Å². The Morgan fingerprint density at radius 3 is 2.19 bits per heavy atom. The van der Waals surface area contributed by atoms with Gasteiger partial charge < -0.3 is 4.90 Å². The molecule has 2 bridgehead atoms. The van der Waals surface area contributed by atoms with Crippen LogP contribution in [0, 0.1) is 17.7 Å². The molecular formula is C18H24FNO. The van der Waals surface area contributed by atoms with E-state index in [1.54, 1.807) is 12.1 Å². The van der Waals surface area contributed by atoms with Gasteiger partial charge in [-0.15, -0.1) is 0 Å². The van der Waals surface area contributed by atoms with Crippen molar-refractivity contribution in [2.24, 2.45) is 11.8 Å². The minimum absolute atomic E-state index is 0.132. The maximum atomic E-state index is 12.8. The van der Waals surface area contributed by atoms with Crippen LogP contribution in [0.2, 0.25) is 0 Å². The van der Waals surface area contributed by atoms with Crippen LogP contribution in [0.15, 0.2) is 24.3 Å². The van der Waals surface area contributed by atoms with Gasteiger partial charge in [-0.25, -0.2) is 4.39 Å². The van der Waals surface area contributed by atoms with Crippen molar-refractivity contribution in [3.8, 4) is 0 Å². The highest BCUT2D eigenvalue weighted by Gasteiger charge is 2.28. The van der Waals surface area contributed by atoms with Crippen LogP contribution >= 0.6 is 0 Å². The highest BCUT2D eigenvalue weighted by Crippen LogP contribution is 2.33. The predicted molar refractivity (Wildman–Crippen MR) is 81.9 cm³/mol. The van der Waals surface area contributed by atoms with Gasteiger partial charge in [0.15, 0.2) is 5.78 Å². The summed E-state index contributed by atoms with van der Waals surface area (Å²) < 4.78 is 12.8. The molecule has 21 heavy (non-hydrogen) atoms. The lowest BCUT2D eigenvalue weighted by atomic mass is 9.84. The highest BCUT2D eigenvalue weighted by atomic mass is 19.1. The van der Waals surface area contributed by atoms with Gasteiger partial charge in [-0.1, -0.05) is 0 Å². The molecule has 1 aliphatic carbocycles. The first kappa shape index (κ1) is 14.7. The maximum absolute atomic E-state index is 12.8.